The lowest BCUT2D eigenvalue weighted by molar-refractivity contribution is -0.00332. The van der Waals surface area contributed by atoms with Gasteiger partial charge in [-0.25, -0.2) is 0 Å². The van der Waals surface area contributed by atoms with Gasteiger partial charge in [0.1, 0.15) is 0 Å². The molecule has 0 bridgehead atoms. The van der Waals surface area contributed by atoms with E-state index in [1.807, 2.05) is 24.3 Å². The topological polar surface area (TPSA) is 41.5 Å². The van der Waals surface area contributed by atoms with Gasteiger partial charge in [-0.05, 0) is 17.7 Å². The second kappa shape index (κ2) is 4.49. The van der Waals surface area contributed by atoms with Gasteiger partial charge in [0.25, 0.3) is 0 Å². The first-order valence-electron chi connectivity index (χ1n) is 4.96. The molecule has 0 saturated carbocycles. The molecule has 1 unspecified atom stereocenters. The quantitative estimate of drug-likeness (QED) is 0.797. The van der Waals surface area contributed by atoms with Crippen LogP contribution in [-0.2, 0) is 10.3 Å². The number of morpholine rings is 1. The zero-order chi connectivity index (χ0) is 10.7. The fourth-order valence-electron chi connectivity index (χ4n) is 1.82. The van der Waals surface area contributed by atoms with Crippen LogP contribution in [0.2, 0.25) is 5.02 Å². The predicted molar refractivity (Wildman–Crippen MR) is 59.0 cm³/mol. The molecule has 15 heavy (non-hydrogen) atoms. The molecule has 1 aliphatic heterocycles. The molecule has 0 radical (unpaired) electrons. The highest BCUT2D eigenvalue weighted by Gasteiger charge is 2.33. The molecule has 2 N–H and O–H groups in total. The smallest absolute Gasteiger partial charge is 0.0907 e. The molecule has 1 heterocycles. The normalized spacial score (nSPS) is 26.5. The standard InChI is InChI=1S/C11H14ClNO2/c12-10-3-1-2-9(6-10)11(7-14)8-15-5-4-13-11/h1-3,6,13-14H,4-5,7-8H2. The Labute approximate surface area is 94.0 Å². The van der Waals surface area contributed by atoms with Crippen molar-refractivity contribution in [2.45, 2.75) is 5.54 Å². The van der Waals surface area contributed by atoms with Crippen LogP contribution in [0.25, 0.3) is 0 Å². The summed E-state index contributed by atoms with van der Waals surface area (Å²) in [5, 5.41) is 13.5. The van der Waals surface area contributed by atoms with Gasteiger partial charge >= 0.3 is 0 Å². The lowest BCUT2D eigenvalue weighted by atomic mass is 9.90. The molecule has 1 aromatic rings. The zero-order valence-corrected chi connectivity index (χ0v) is 9.13. The van der Waals surface area contributed by atoms with E-state index in [1.165, 1.54) is 0 Å². The molecule has 4 heteroatoms. The molecule has 1 saturated heterocycles. The van der Waals surface area contributed by atoms with Crippen molar-refractivity contribution in [3.63, 3.8) is 0 Å². The Morgan fingerprint density at radius 2 is 2.40 bits per heavy atom. The van der Waals surface area contributed by atoms with Gasteiger partial charge < -0.3 is 15.2 Å². The summed E-state index contributed by atoms with van der Waals surface area (Å²) in [5.41, 5.74) is 0.473. The fraction of sp³-hybridized carbons (Fsp3) is 0.455. The van der Waals surface area contributed by atoms with Crippen LogP contribution >= 0.6 is 11.6 Å². The van der Waals surface area contributed by atoms with Gasteiger partial charge in [0.05, 0.1) is 25.4 Å². The first kappa shape index (κ1) is 10.9. The summed E-state index contributed by atoms with van der Waals surface area (Å²) in [6.45, 7) is 1.91. The molecule has 1 aromatic carbocycles. The Morgan fingerprint density at radius 1 is 1.53 bits per heavy atom. The van der Waals surface area contributed by atoms with Gasteiger partial charge in [0.2, 0.25) is 0 Å². The van der Waals surface area contributed by atoms with Gasteiger partial charge in [-0.2, -0.15) is 0 Å². The highest BCUT2D eigenvalue weighted by molar-refractivity contribution is 6.30. The van der Waals surface area contributed by atoms with E-state index in [0.717, 1.165) is 12.1 Å². The number of aliphatic hydroxyl groups is 1. The summed E-state index contributed by atoms with van der Waals surface area (Å²) < 4.78 is 5.41. The van der Waals surface area contributed by atoms with Crippen molar-refractivity contribution in [1.29, 1.82) is 0 Å². The number of halogens is 1. The summed E-state index contributed by atoms with van der Waals surface area (Å²) in [5.74, 6) is 0. The molecule has 2 rings (SSSR count). The van der Waals surface area contributed by atoms with Crippen LogP contribution in [0.1, 0.15) is 5.56 Å². The number of benzene rings is 1. The summed E-state index contributed by atoms with van der Waals surface area (Å²) in [6, 6.07) is 7.51. The van der Waals surface area contributed by atoms with Crippen LogP contribution in [0.4, 0.5) is 0 Å². The second-order valence-electron chi connectivity index (χ2n) is 3.73. The summed E-state index contributed by atoms with van der Waals surface area (Å²) in [6.07, 6.45) is 0. The van der Waals surface area contributed by atoms with Gasteiger partial charge in [0.15, 0.2) is 0 Å². The Bertz CT molecular complexity index is 337. The number of aliphatic hydroxyl groups excluding tert-OH is 1. The Balaban J connectivity index is 2.32. The first-order chi connectivity index (χ1) is 7.27. The summed E-state index contributed by atoms with van der Waals surface area (Å²) in [7, 11) is 0. The van der Waals surface area contributed by atoms with E-state index in [1.54, 1.807) is 0 Å². The van der Waals surface area contributed by atoms with E-state index in [0.29, 0.717) is 18.2 Å². The Morgan fingerprint density at radius 3 is 3.00 bits per heavy atom. The highest BCUT2D eigenvalue weighted by Crippen LogP contribution is 2.25. The average Bonchev–Trinajstić information content (AvgIpc) is 2.30. The number of rotatable bonds is 2. The molecular formula is C11H14ClNO2. The van der Waals surface area contributed by atoms with Crippen LogP contribution in [0.15, 0.2) is 24.3 Å². The molecule has 0 amide bonds. The predicted octanol–water partition coefficient (Wildman–Crippen LogP) is 1.15. The van der Waals surface area contributed by atoms with Crippen molar-refractivity contribution in [2.24, 2.45) is 0 Å². The third-order valence-electron chi connectivity index (χ3n) is 2.71. The molecule has 3 nitrogen and oxygen atoms in total. The van der Waals surface area contributed by atoms with E-state index < -0.39 is 5.54 Å². The minimum atomic E-state index is -0.497. The molecule has 0 aromatic heterocycles. The van der Waals surface area contributed by atoms with Crippen molar-refractivity contribution in [3.05, 3.63) is 34.9 Å². The molecule has 0 spiro atoms. The zero-order valence-electron chi connectivity index (χ0n) is 8.37. The van der Waals surface area contributed by atoms with Crippen molar-refractivity contribution in [2.75, 3.05) is 26.4 Å². The monoisotopic (exact) mass is 227 g/mol. The summed E-state index contributed by atoms with van der Waals surface area (Å²) in [4.78, 5) is 0. The molecule has 1 aliphatic rings. The van der Waals surface area contributed by atoms with Gasteiger partial charge in [-0.1, -0.05) is 23.7 Å². The van der Waals surface area contributed by atoms with Crippen LogP contribution in [0.5, 0.6) is 0 Å². The molecule has 1 atom stereocenters. The third-order valence-corrected chi connectivity index (χ3v) is 2.94. The average molecular weight is 228 g/mol. The maximum atomic E-state index is 9.50. The Kier molecular flexibility index (Phi) is 3.26. The van der Waals surface area contributed by atoms with E-state index in [4.69, 9.17) is 16.3 Å². The van der Waals surface area contributed by atoms with Crippen molar-refractivity contribution < 1.29 is 9.84 Å². The Hall–Kier alpha value is -0.610. The van der Waals surface area contributed by atoms with Gasteiger partial charge in [-0.15, -0.1) is 0 Å². The van der Waals surface area contributed by atoms with Crippen molar-refractivity contribution >= 4 is 11.6 Å². The molecule has 82 valence electrons. The number of hydrogen-bond donors (Lipinski definition) is 2. The lowest BCUT2D eigenvalue weighted by Crippen LogP contribution is -2.54. The fourth-order valence-corrected chi connectivity index (χ4v) is 2.01. The lowest BCUT2D eigenvalue weighted by Gasteiger charge is -2.37. The van der Waals surface area contributed by atoms with E-state index in [9.17, 15) is 5.11 Å². The van der Waals surface area contributed by atoms with Crippen LogP contribution in [0.3, 0.4) is 0 Å². The summed E-state index contributed by atoms with van der Waals surface area (Å²) >= 11 is 5.93. The number of hydrogen-bond acceptors (Lipinski definition) is 3. The van der Waals surface area contributed by atoms with Crippen molar-refractivity contribution in [3.8, 4) is 0 Å². The number of nitrogens with one attached hydrogen (secondary N) is 1. The molecular weight excluding hydrogens is 214 g/mol. The molecule has 0 aliphatic carbocycles. The highest BCUT2D eigenvalue weighted by atomic mass is 35.5. The van der Waals surface area contributed by atoms with Crippen molar-refractivity contribution in [1.82, 2.24) is 5.32 Å². The van der Waals surface area contributed by atoms with Gasteiger partial charge in [-0.3, -0.25) is 0 Å². The first-order valence-corrected chi connectivity index (χ1v) is 5.34. The SMILES string of the molecule is OCC1(c2cccc(Cl)c2)COCCN1. The van der Waals surface area contributed by atoms with Crippen LogP contribution in [0, 0.1) is 0 Å². The maximum absolute atomic E-state index is 9.50. The van der Waals surface area contributed by atoms with E-state index in [-0.39, 0.29) is 6.61 Å². The largest absolute Gasteiger partial charge is 0.394 e. The minimum absolute atomic E-state index is 0.00728. The van der Waals surface area contributed by atoms with Crippen LogP contribution < -0.4 is 5.32 Å². The maximum Gasteiger partial charge on any atom is 0.0907 e. The molecule has 1 fully saturated rings. The van der Waals surface area contributed by atoms with Crippen LogP contribution in [-0.4, -0.2) is 31.5 Å². The van der Waals surface area contributed by atoms with E-state index in [2.05, 4.69) is 5.32 Å². The second-order valence-corrected chi connectivity index (χ2v) is 4.17. The van der Waals surface area contributed by atoms with Gasteiger partial charge in [0, 0.05) is 11.6 Å². The van der Waals surface area contributed by atoms with E-state index >= 15 is 0 Å². The third kappa shape index (κ3) is 2.16. The number of ether oxygens (including phenoxy) is 1. The minimum Gasteiger partial charge on any atom is -0.394 e.